The fourth-order valence-electron chi connectivity index (χ4n) is 3.51. The summed E-state index contributed by atoms with van der Waals surface area (Å²) < 4.78 is 4.83. The third-order valence-corrected chi connectivity index (χ3v) is 8.72. The van der Waals surface area contributed by atoms with Gasteiger partial charge in [-0.25, -0.2) is 0 Å². The maximum Gasteiger partial charge on any atom is 0.310 e. The van der Waals surface area contributed by atoms with E-state index in [4.69, 9.17) is 27.9 Å². The van der Waals surface area contributed by atoms with Crippen LogP contribution in [0.2, 0.25) is 10.0 Å². The first-order valence-electron chi connectivity index (χ1n) is 10.2. The third-order valence-electron chi connectivity index (χ3n) is 5.10. The van der Waals surface area contributed by atoms with Crippen LogP contribution in [0, 0.1) is 0 Å². The van der Waals surface area contributed by atoms with E-state index in [1.54, 1.807) is 23.1 Å². The molecule has 0 spiro atoms. The number of para-hydroxylation sites is 2. The molecule has 1 atom stereocenters. The molecule has 8 heteroatoms. The number of esters is 1. The molecule has 1 saturated heterocycles. The highest BCUT2D eigenvalue weighted by atomic mass is 35.5. The minimum absolute atomic E-state index is 0.0507. The standard InChI is InChI=1S/C23H25Cl2NO3S2/c1-29-22(28)15-16-7-2-4-11-20(16)26(23-18(24)9-6-10-19(23)25)21(27)12-5-3-8-17-13-14-30-31-17/h2,4,6-7,9-11,17H,3,5,8,12-15H2,1H3. The summed E-state index contributed by atoms with van der Waals surface area (Å²) in [5, 5.41) is 1.45. The number of unbranched alkanes of at least 4 members (excludes halogenated alkanes) is 1. The molecule has 1 unspecified atom stereocenters. The lowest BCUT2D eigenvalue weighted by Gasteiger charge is -2.27. The van der Waals surface area contributed by atoms with Gasteiger partial charge in [-0.15, -0.1) is 0 Å². The molecule has 0 bridgehead atoms. The molecule has 4 nitrogen and oxygen atoms in total. The van der Waals surface area contributed by atoms with Crippen LogP contribution in [0.25, 0.3) is 0 Å². The molecule has 1 fully saturated rings. The summed E-state index contributed by atoms with van der Waals surface area (Å²) >= 11 is 13.0. The molecule has 0 N–H and O–H groups in total. The van der Waals surface area contributed by atoms with Gasteiger partial charge >= 0.3 is 5.97 Å². The van der Waals surface area contributed by atoms with Crippen LogP contribution in [0.4, 0.5) is 11.4 Å². The van der Waals surface area contributed by atoms with Gasteiger partial charge in [0.2, 0.25) is 5.91 Å². The van der Waals surface area contributed by atoms with Gasteiger partial charge in [0.25, 0.3) is 0 Å². The van der Waals surface area contributed by atoms with Gasteiger partial charge in [0.15, 0.2) is 0 Å². The summed E-state index contributed by atoms with van der Waals surface area (Å²) in [5.41, 5.74) is 1.71. The Balaban J connectivity index is 1.85. The third kappa shape index (κ3) is 6.58. The highest BCUT2D eigenvalue weighted by molar-refractivity contribution is 8.77. The first kappa shape index (κ1) is 24.3. The molecule has 31 heavy (non-hydrogen) atoms. The second-order valence-electron chi connectivity index (χ2n) is 7.26. The smallest absolute Gasteiger partial charge is 0.310 e. The maximum atomic E-state index is 13.4. The van der Waals surface area contributed by atoms with Crippen molar-refractivity contribution in [3.05, 3.63) is 58.1 Å². The Hall–Kier alpha value is -1.34. The zero-order chi connectivity index (χ0) is 22.2. The van der Waals surface area contributed by atoms with Crippen molar-refractivity contribution in [3.63, 3.8) is 0 Å². The molecule has 2 aromatic carbocycles. The molecule has 0 aliphatic carbocycles. The van der Waals surface area contributed by atoms with E-state index in [-0.39, 0.29) is 18.3 Å². The second kappa shape index (κ2) is 12.0. The van der Waals surface area contributed by atoms with E-state index in [0.29, 0.717) is 38.7 Å². The minimum Gasteiger partial charge on any atom is -0.469 e. The fraction of sp³-hybridized carbons (Fsp3) is 0.391. The number of anilines is 2. The van der Waals surface area contributed by atoms with Crippen LogP contribution in [0.15, 0.2) is 42.5 Å². The van der Waals surface area contributed by atoms with E-state index in [1.807, 2.05) is 45.9 Å². The van der Waals surface area contributed by atoms with Gasteiger partial charge in [0, 0.05) is 17.4 Å². The highest BCUT2D eigenvalue weighted by Gasteiger charge is 2.25. The number of nitrogens with zero attached hydrogens (tertiary/aromatic N) is 1. The molecule has 1 amide bonds. The topological polar surface area (TPSA) is 46.6 Å². The Morgan fingerprint density at radius 1 is 1.10 bits per heavy atom. The van der Waals surface area contributed by atoms with E-state index >= 15 is 0 Å². The largest absolute Gasteiger partial charge is 0.469 e. The number of amides is 1. The van der Waals surface area contributed by atoms with Crippen molar-refractivity contribution in [2.45, 2.75) is 43.8 Å². The predicted octanol–water partition coefficient (Wildman–Crippen LogP) is 7.09. The summed E-state index contributed by atoms with van der Waals surface area (Å²) in [4.78, 5) is 26.9. The van der Waals surface area contributed by atoms with Crippen molar-refractivity contribution in [2.75, 3.05) is 17.8 Å². The minimum atomic E-state index is -0.378. The monoisotopic (exact) mass is 497 g/mol. The van der Waals surface area contributed by atoms with Gasteiger partial charge in [0.05, 0.1) is 35.0 Å². The fourth-order valence-corrected chi connectivity index (χ4v) is 7.11. The molecule has 166 valence electrons. The van der Waals surface area contributed by atoms with Crippen molar-refractivity contribution in [3.8, 4) is 0 Å². The van der Waals surface area contributed by atoms with Gasteiger partial charge in [-0.2, -0.15) is 0 Å². The lowest BCUT2D eigenvalue weighted by Crippen LogP contribution is -2.27. The first-order chi connectivity index (χ1) is 15.0. The van der Waals surface area contributed by atoms with Crippen LogP contribution in [-0.2, 0) is 20.7 Å². The molecular formula is C23H25Cl2NO3S2. The van der Waals surface area contributed by atoms with Gasteiger partial charge < -0.3 is 4.74 Å². The number of hydrogen-bond donors (Lipinski definition) is 0. The zero-order valence-corrected chi connectivity index (χ0v) is 20.5. The Labute approximate surface area is 201 Å². The van der Waals surface area contributed by atoms with E-state index in [1.165, 1.54) is 19.3 Å². The number of carbonyl (C=O) groups excluding carboxylic acids is 2. The molecule has 1 heterocycles. The molecule has 1 aliphatic heterocycles. The molecule has 0 radical (unpaired) electrons. The van der Waals surface area contributed by atoms with Crippen LogP contribution in [0.3, 0.4) is 0 Å². The number of benzene rings is 2. The Morgan fingerprint density at radius 2 is 1.84 bits per heavy atom. The van der Waals surface area contributed by atoms with Crippen LogP contribution >= 0.6 is 44.8 Å². The quantitative estimate of drug-likeness (QED) is 0.210. The van der Waals surface area contributed by atoms with Crippen molar-refractivity contribution >= 4 is 68.0 Å². The van der Waals surface area contributed by atoms with E-state index in [9.17, 15) is 9.59 Å². The summed E-state index contributed by atoms with van der Waals surface area (Å²) in [6.45, 7) is 0. The van der Waals surface area contributed by atoms with Gasteiger partial charge in [0.1, 0.15) is 0 Å². The number of carbonyl (C=O) groups is 2. The average Bonchev–Trinajstić information content (AvgIpc) is 3.28. The number of halogens is 2. The van der Waals surface area contributed by atoms with E-state index in [0.717, 1.165) is 19.3 Å². The van der Waals surface area contributed by atoms with E-state index in [2.05, 4.69) is 0 Å². The van der Waals surface area contributed by atoms with Crippen molar-refractivity contribution in [1.29, 1.82) is 0 Å². The number of methoxy groups -OCH3 is 1. The lowest BCUT2D eigenvalue weighted by molar-refractivity contribution is -0.139. The van der Waals surface area contributed by atoms with Crippen molar-refractivity contribution in [1.82, 2.24) is 0 Å². The zero-order valence-electron chi connectivity index (χ0n) is 17.3. The van der Waals surface area contributed by atoms with Crippen LogP contribution < -0.4 is 4.90 Å². The summed E-state index contributed by atoms with van der Waals surface area (Å²) in [5.74, 6) is 0.738. The Morgan fingerprint density at radius 3 is 2.52 bits per heavy atom. The van der Waals surface area contributed by atoms with Gasteiger partial charge in [-0.05, 0) is 43.0 Å². The predicted molar refractivity (Wildman–Crippen MR) is 133 cm³/mol. The molecular weight excluding hydrogens is 473 g/mol. The average molecular weight is 498 g/mol. The second-order valence-corrected chi connectivity index (χ2v) is 10.9. The van der Waals surface area contributed by atoms with Crippen LogP contribution in [0.5, 0.6) is 0 Å². The lowest BCUT2D eigenvalue weighted by atomic mass is 10.1. The highest BCUT2D eigenvalue weighted by Crippen LogP contribution is 2.41. The molecule has 0 aromatic heterocycles. The number of ether oxygens (including phenoxy) is 1. The Kier molecular flexibility index (Phi) is 9.45. The number of hydrogen-bond acceptors (Lipinski definition) is 5. The normalized spacial score (nSPS) is 15.6. The van der Waals surface area contributed by atoms with Crippen LogP contribution in [0.1, 0.15) is 37.7 Å². The summed E-state index contributed by atoms with van der Waals surface area (Å²) in [6.07, 6.45) is 4.58. The van der Waals surface area contributed by atoms with Gasteiger partial charge in [-0.3, -0.25) is 14.5 Å². The SMILES string of the molecule is COC(=O)Cc1ccccc1N(C(=O)CCCCC1CCSS1)c1c(Cl)cccc1Cl. The molecule has 3 rings (SSSR count). The molecule has 1 aliphatic rings. The van der Waals surface area contributed by atoms with E-state index < -0.39 is 0 Å². The summed E-state index contributed by atoms with van der Waals surface area (Å²) in [7, 11) is 5.24. The molecule has 0 saturated carbocycles. The first-order valence-corrected chi connectivity index (χ1v) is 13.3. The van der Waals surface area contributed by atoms with Crippen molar-refractivity contribution in [2.24, 2.45) is 0 Å². The number of rotatable bonds is 9. The van der Waals surface area contributed by atoms with Crippen molar-refractivity contribution < 1.29 is 14.3 Å². The Bertz CT molecular complexity index is 899. The maximum absolute atomic E-state index is 13.4. The molecule has 2 aromatic rings. The van der Waals surface area contributed by atoms with Gasteiger partial charge in [-0.1, -0.05) is 75.5 Å². The summed E-state index contributed by atoms with van der Waals surface area (Å²) in [6, 6.07) is 12.4. The van der Waals surface area contributed by atoms with Crippen LogP contribution in [-0.4, -0.2) is 30.0 Å².